The fourth-order valence-electron chi connectivity index (χ4n) is 1.23. The van der Waals surface area contributed by atoms with Crippen LogP contribution in [-0.4, -0.2) is 13.4 Å². The molecule has 18 heavy (non-hydrogen) atoms. The molecule has 0 aromatic carbocycles. The second kappa shape index (κ2) is 5.16. The standard InChI is InChI=1S/C10H8BrClN2O2S2/c1-6-3-2-4-13-10(6)14-18(15,16)8-5-7(12)9(11)17-8/h2-5H,1H3,(H,13,14). The van der Waals surface area contributed by atoms with Gasteiger partial charge in [-0.05, 0) is 40.5 Å². The minimum absolute atomic E-state index is 0.143. The number of halogens is 2. The first-order valence-corrected chi connectivity index (χ1v) is 8.26. The molecule has 4 nitrogen and oxygen atoms in total. The molecule has 0 spiro atoms. The maximum absolute atomic E-state index is 12.1. The molecule has 2 rings (SSSR count). The second-order valence-corrected chi connectivity index (χ2v) is 8.15. The molecule has 0 unspecified atom stereocenters. The van der Waals surface area contributed by atoms with Crippen LogP contribution in [0.25, 0.3) is 0 Å². The van der Waals surface area contributed by atoms with Gasteiger partial charge in [0.05, 0.1) is 8.81 Å². The van der Waals surface area contributed by atoms with Crippen LogP contribution in [0.2, 0.25) is 5.02 Å². The van der Waals surface area contributed by atoms with Crippen LogP contribution in [0, 0.1) is 6.92 Å². The van der Waals surface area contributed by atoms with E-state index in [0.717, 1.165) is 16.9 Å². The number of anilines is 1. The van der Waals surface area contributed by atoms with Gasteiger partial charge in [0.2, 0.25) is 0 Å². The molecular weight excluding hydrogens is 360 g/mol. The van der Waals surface area contributed by atoms with E-state index >= 15 is 0 Å². The van der Waals surface area contributed by atoms with Gasteiger partial charge in [0, 0.05) is 6.20 Å². The van der Waals surface area contributed by atoms with Crippen LogP contribution in [0.3, 0.4) is 0 Å². The molecule has 0 saturated carbocycles. The Morgan fingerprint density at radius 2 is 2.22 bits per heavy atom. The molecule has 2 heterocycles. The van der Waals surface area contributed by atoms with E-state index in [1.54, 1.807) is 19.1 Å². The molecule has 0 aliphatic heterocycles. The summed E-state index contributed by atoms with van der Waals surface area (Å²) in [5, 5.41) is 0.373. The van der Waals surface area contributed by atoms with Gasteiger partial charge in [-0.1, -0.05) is 17.7 Å². The zero-order valence-electron chi connectivity index (χ0n) is 9.15. The maximum atomic E-state index is 12.1. The van der Waals surface area contributed by atoms with Crippen molar-refractivity contribution >= 4 is 54.7 Å². The molecule has 0 fully saturated rings. The molecule has 0 bridgehead atoms. The van der Waals surface area contributed by atoms with Crippen molar-refractivity contribution in [3.05, 3.63) is 38.8 Å². The lowest BCUT2D eigenvalue weighted by Gasteiger charge is -2.07. The van der Waals surface area contributed by atoms with Crippen LogP contribution in [0.1, 0.15) is 5.56 Å². The Morgan fingerprint density at radius 3 is 2.78 bits per heavy atom. The van der Waals surface area contributed by atoms with Gasteiger partial charge < -0.3 is 0 Å². The molecule has 0 aliphatic rings. The summed E-state index contributed by atoms with van der Waals surface area (Å²) in [6.45, 7) is 1.78. The first-order chi connectivity index (χ1) is 8.40. The maximum Gasteiger partial charge on any atom is 0.272 e. The van der Waals surface area contributed by atoms with E-state index in [2.05, 4.69) is 25.6 Å². The van der Waals surface area contributed by atoms with Gasteiger partial charge >= 0.3 is 0 Å². The minimum Gasteiger partial charge on any atom is -0.262 e. The minimum atomic E-state index is -3.65. The van der Waals surface area contributed by atoms with Gasteiger partial charge in [0.1, 0.15) is 10.0 Å². The van der Waals surface area contributed by atoms with Crippen molar-refractivity contribution in [2.45, 2.75) is 11.1 Å². The Kier molecular flexibility index (Phi) is 3.96. The lowest BCUT2D eigenvalue weighted by molar-refractivity contribution is 0.603. The van der Waals surface area contributed by atoms with Crippen LogP contribution in [0.5, 0.6) is 0 Å². The average Bonchev–Trinajstić information content (AvgIpc) is 2.63. The summed E-state index contributed by atoms with van der Waals surface area (Å²) < 4.78 is 27.4. The molecule has 0 saturated heterocycles. The largest absolute Gasteiger partial charge is 0.272 e. The highest BCUT2D eigenvalue weighted by molar-refractivity contribution is 9.11. The highest BCUT2D eigenvalue weighted by Crippen LogP contribution is 2.35. The second-order valence-electron chi connectivity index (χ2n) is 3.46. The molecule has 1 N–H and O–H groups in total. The Morgan fingerprint density at radius 1 is 1.50 bits per heavy atom. The van der Waals surface area contributed by atoms with Gasteiger partial charge in [0.25, 0.3) is 10.0 Å². The van der Waals surface area contributed by atoms with Crippen molar-refractivity contribution in [2.75, 3.05) is 4.72 Å². The summed E-state index contributed by atoms with van der Waals surface area (Å²) in [4.78, 5) is 3.99. The smallest absolute Gasteiger partial charge is 0.262 e. The number of pyridine rings is 1. The number of hydrogen-bond acceptors (Lipinski definition) is 4. The number of sulfonamides is 1. The predicted octanol–water partition coefficient (Wildman–Crippen LogP) is 3.67. The SMILES string of the molecule is Cc1cccnc1NS(=O)(=O)c1cc(Cl)c(Br)s1. The Hall–Kier alpha value is -0.630. The van der Waals surface area contributed by atoms with Crippen molar-refractivity contribution in [1.82, 2.24) is 4.98 Å². The molecule has 8 heteroatoms. The molecule has 0 aliphatic carbocycles. The summed E-state index contributed by atoms with van der Waals surface area (Å²) in [5.41, 5.74) is 0.753. The third-order valence-electron chi connectivity index (χ3n) is 2.13. The molecule has 0 amide bonds. The number of nitrogens with one attached hydrogen (secondary N) is 1. The van der Waals surface area contributed by atoms with E-state index < -0.39 is 10.0 Å². The van der Waals surface area contributed by atoms with E-state index in [4.69, 9.17) is 11.6 Å². The first kappa shape index (κ1) is 13.8. The van der Waals surface area contributed by atoms with Gasteiger partial charge in [0.15, 0.2) is 0 Å². The Labute approximate surface area is 122 Å². The zero-order valence-corrected chi connectivity index (χ0v) is 13.1. The number of nitrogens with zero attached hydrogens (tertiary/aromatic N) is 1. The number of hydrogen-bond donors (Lipinski definition) is 1. The topological polar surface area (TPSA) is 59.1 Å². The molecular formula is C10H8BrClN2O2S2. The van der Waals surface area contributed by atoms with Crippen molar-refractivity contribution < 1.29 is 8.42 Å². The van der Waals surface area contributed by atoms with Crippen molar-refractivity contribution in [2.24, 2.45) is 0 Å². The number of thiophene rings is 1. The third kappa shape index (κ3) is 2.85. The number of rotatable bonds is 3. The van der Waals surface area contributed by atoms with Crippen LogP contribution >= 0.6 is 38.9 Å². The summed E-state index contributed by atoms with van der Waals surface area (Å²) in [5.74, 6) is 0.318. The Bertz CT molecular complexity index is 665. The van der Waals surface area contributed by atoms with E-state index in [9.17, 15) is 8.42 Å². The number of aryl methyl sites for hydroxylation is 1. The van der Waals surface area contributed by atoms with E-state index in [0.29, 0.717) is 14.6 Å². The molecule has 0 atom stereocenters. The fourth-order valence-corrected chi connectivity index (χ4v) is 4.71. The third-order valence-corrected chi connectivity index (χ3v) is 6.42. The van der Waals surface area contributed by atoms with E-state index in [-0.39, 0.29) is 4.21 Å². The van der Waals surface area contributed by atoms with Gasteiger partial charge in [-0.2, -0.15) is 0 Å². The lowest BCUT2D eigenvalue weighted by Crippen LogP contribution is -2.13. The van der Waals surface area contributed by atoms with Crippen LogP contribution in [-0.2, 0) is 10.0 Å². The lowest BCUT2D eigenvalue weighted by atomic mass is 10.3. The molecule has 96 valence electrons. The molecule has 2 aromatic heterocycles. The Balaban J connectivity index is 2.36. The normalized spacial score (nSPS) is 11.5. The van der Waals surface area contributed by atoms with Crippen molar-refractivity contribution in [1.29, 1.82) is 0 Å². The highest BCUT2D eigenvalue weighted by atomic mass is 79.9. The van der Waals surface area contributed by atoms with Gasteiger partial charge in [-0.25, -0.2) is 13.4 Å². The summed E-state index contributed by atoms with van der Waals surface area (Å²) >= 11 is 10.1. The van der Waals surface area contributed by atoms with Crippen molar-refractivity contribution in [3.63, 3.8) is 0 Å². The average molecular weight is 368 g/mol. The molecule has 2 aromatic rings. The summed E-state index contributed by atoms with van der Waals surface area (Å²) in [6, 6.07) is 4.92. The fraction of sp³-hybridized carbons (Fsp3) is 0.100. The monoisotopic (exact) mass is 366 g/mol. The quantitative estimate of drug-likeness (QED) is 0.900. The van der Waals surface area contributed by atoms with Crippen molar-refractivity contribution in [3.8, 4) is 0 Å². The molecule has 0 radical (unpaired) electrons. The summed E-state index contributed by atoms with van der Waals surface area (Å²) in [7, 11) is -3.65. The predicted molar refractivity (Wildman–Crippen MR) is 76.8 cm³/mol. The highest BCUT2D eigenvalue weighted by Gasteiger charge is 2.20. The van der Waals surface area contributed by atoms with Gasteiger partial charge in [-0.15, -0.1) is 11.3 Å². The van der Waals surface area contributed by atoms with E-state index in [1.165, 1.54) is 12.3 Å². The van der Waals surface area contributed by atoms with Crippen LogP contribution < -0.4 is 4.72 Å². The number of aromatic nitrogens is 1. The van der Waals surface area contributed by atoms with Crippen LogP contribution in [0.15, 0.2) is 32.4 Å². The first-order valence-electron chi connectivity index (χ1n) is 4.79. The summed E-state index contributed by atoms with van der Waals surface area (Å²) in [6.07, 6.45) is 1.53. The van der Waals surface area contributed by atoms with Crippen LogP contribution in [0.4, 0.5) is 5.82 Å². The zero-order chi connectivity index (χ0) is 13.3. The van der Waals surface area contributed by atoms with E-state index in [1.807, 2.05) is 0 Å². The van der Waals surface area contributed by atoms with Gasteiger partial charge in [-0.3, -0.25) is 4.72 Å².